The van der Waals surface area contributed by atoms with Crippen LogP contribution in [0.5, 0.6) is 0 Å². The zero-order valence-corrected chi connectivity index (χ0v) is 12.2. The summed E-state index contributed by atoms with van der Waals surface area (Å²) in [6, 6.07) is 0. The Labute approximate surface area is 102 Å². The normalized spacial score (nSPS) is 12.9. The predicted octanol–water partition coefficient (Wildman–Crippen LogP) is 4.99. The van der Waals surface area contributed by atoms with Gasteiger partial charge in [0.25, 0.3) is 0 Å². The van der Waals surface area contributed by atoms with E-state index in [4.69, 9.17) is 0 Å². The molecule has 0 aromatic heterocycles. The van der Waals surface area contributed by atoms with Crippen LogP contribution in [0.2, 0.25) is 0 Å². The monoisotopic (exact) mass is 226 g/mol. The minimum Gasteiger partial charge on any atom is -0.300 e. The number of Topliss-reactive ketones (excluding diaryl/α,β-unsaturated/α-hetero) is 1. The highest BCUT2D eigenvalue weighted by molar-refractivity contribution is 5.78. The Kier molecular flexibility index (Phi) is 6.28. The molecule has 0 aliphatic heterocycles. The van der Waals surface area contributed by atoms with Gasteiger partial charge in [0.05, 0.1) is 0 Å². The van der Waals surface area contributed by atoms with E-state index in [1.807, 2.05) is 0 Å². The average Bonchev–Trinajstić information content (AvgIpc) is 2.06. The van der Waals surface area contributed by atoms with Crippen molar-refractivity contribution in [2.45, 2.75) is 80.1 Å². The van der Waals surface area contributed by atoms with Crippen molar-refractivity contribution in [1.82, 2.24) is 0 Å². The Bertz CT molecular complexity index is 202. The molecule has 0 spiro atoms. The molecule has 0 fully saturated rings. The lowest BCUT2D eigenvalue weighted by molar-refractivity contribution is -0.119. The van der Waals surface area contributed by atoms with Crippen molar-refractivity contribution in [2.75, 3.05) is 0 Å². The van der Waals surface area contributed by atoms with E-state index in [-0.39, 0.29) is 0 Å². The first-order valence-electron chi connectivity index (χ1n) is 6.62. The van der Waals surface area contributed by atoms with Crippen molar-refractivity contribution in [3.8, 4) is 0 Å². The number of hydrogen-bond donors (Lipinski definition) is 0. The second kappa shape index (κ2) is 6.42. The molecule has 0 aromatic carbocycles. The fraction of sp³-hybridized carbons (Fsp3) is 0.933. The lowest BCUT2D eigenvalue weighted by atomic mass is 9.87. The Morgan fingerprint density at radius 2 is 1.25 bits per heavy atom. The zero-order valence-electron chi connectivity index (χ0n) is 12.2. The summed E-state index contributed by atoms with van der Waals surface area (Å²) in [6.45, 7) is 13.4. The van der Waals surface area contributed by atoms with Crippen LogP contribution in [-0.2, 0) is 4.79 Å². The van der Waals surface area contributed by atoms with Gasteiger partial charge < -0.3 is 0 Å². The van der Waals surface area contributed by atoms with Crippen molar-refractivity contribution in [3.63, 3.8) is 0 Å². The molecular formula is C15H30O. The van der Waals surface area contributed by atoms with Crippen LogP contribution in [0.15, 0.2) is 0 Å². The highest BCUT2D eigenvalue weighted by Gasteiger charge is 2.13. The van der Waals surface area contributed by atoms with Crippen LogP contribution in [-0.4, -0.2) is 5.78 Å². The minimum absolute atomic E-state index is 0.293. The highest BCUT2D eigenvalue weighted by Crippen LogP contribution is 2.23. The molecule has 1 heteroatoms. The molecule has 0 rings (SSSR count). The largest absolute Gasteiger partial charge is 0.300 e. The summed E-state index contributed by atoms with van der Waals surface area (Å²) >= 11 is 0. The van der Waals surface area contributed by atoms with Crippen molar-refractivity contribution in [1.29, 1.82) is 0 Å². The number of rotatable bonds is 6. The second-order valence-corrected chi connectivity index (χ2v) is 7.37. The maximum atomic E-state index is 11.6. The maximum absolute atomic E-state index is 11.6. The quantitative estimate of drug-likeness (QED) is 0.583. The zero-order chi connectivity index (χ0) is 12.8. The van der Waals surface area contributed by atoms with Gasteiger partial charge in [-0.2, -0.15) is 0 Å². The standard InChI is InChI=1S/C15H30O/c1-14(2,3)11-8-7-9-13(16)10-12-15(4,5)6/h7-12H2,1-6H3. The summed E-state index contributed by atoms with van der Waals surface area (Å²) < 4.78 is 0. The van der Waals surface area contributed by atoms with Crippen LogP contribution in [0.25, 0.3) is 0 Å². The topological polar surface area (TPSA) is 17.1 Å². The Morgan fingerprint density at radius 1 is 0.750 bits per heavy atom. The van der Waals surface area contributed by atoms with Gasteiger partial charge in [0, 0.05) is 12.8 Å². The summed E-state index contributed by atoms with van der Waals surface area (Å²) in [7, 11) is 0. The molecule has 1 nitrogen and oxygen atoms in total. The summed E-state index contributed by atoms with van der Waals surface area (Å²) in [5, 5.41) is 0. The molecule has 0 aliphatic rings. The fourth-order valence-electron chi connectivity index (χ4n) is 1.62. The average molecular weight is 226 g/mol. The molecule has 0 aliphatic carbocycles. The number of carbonyl (C=O) groups excluding carboxylic acids is 1. The molecule has 0 radical (unpaired) electrons. The van der Waals surface area contributed by atoms with Crippen molar-refractivity contribution >= 4 is 5.78 Å². The third kappa shape index (κ3) is 11.7. The van der Waals surface area contributed by atoms with E-state index in [0.29, 0.717) is 16.6 Å². The van der Waals surface area contributed by atoms with E-state index in [0.717, 1.165) is 25.7 Å². The smallest absolute Gasteiger partial charge is 0.132 e. The van der Waals surface area contributed by atoms with E-state index in [1.165, 1.54) is 12.8 Å². The first-order chi connectivity index (χ1) is 7.10. The number of hydrogen-bond acceptors (Lipinski definition) is 1. The van der Waals surface area contributed by atoms with Gasteiger partial charge in [-0.3, -0.25) is 4.79 Å². The van der Waals surface area contributed by atoms with Gasteiger partial charge in [0.1, 0.15) is 5.78 Å². The Morgan fingerprint density at radius 3 is 1.69 bits per heavy atom. The molecule has 0 saturated carbocycles. The first kappa shape index (κ1) is 15.7. The first-order valence-corrected chi connectivity index (χ1v) is 6.62. The van der Waals surface area contributed by atoms with Gasteiger partial charge in [0.2, 0.25) is 0 Å². The maximum Gasteiger partial charge on any atom is 0.132 e. The van der Waals surface area contributed by atoms with Crippen LogP contribution in [0, 0.1) is 10.8 Å². The van der Waals surface area contributed by atoms with Gasteiger partial charge in [-0.05, 0) is 30.1 Å². The number of ketones is 1. The van der Waals surface area contributed by atoms with Gasteiger partial charge in [0.15, 0.2) is 0 Å². The Balaban J connectivity index is 3.52. The van der Waals surface area contributed by atoms with Crippen LogP contribution in [0.4, 0.5) is 0 Å². The molecule has 0 unspecified atom stereocenters. The van der Waals surface area contributed by atoms with E-state index < -0.39 is 0 Å². The number of carbonyl (C=O) groups is 1. The van der Waals surface area contributed by atoms with E-state index >= 15 is 0 Å². The van der Waals surface area contributed by atoms with Gasteiger partial charge >= 0.3 is 0 Å². The molecule has 0 aromatic rings. The van der Waals surface area contributed by atoms with Crippen LogP contribution < -0.4 is 0 Å². The molecule has 0 amide bonds. The molecule has 0 heterocycles. The van der Waals surface area contributed by atoms with Gasteiger partial charge in [-0.1, -0.05) is 48.0 Å². The third-order valence-electron chi connectivity index (χ3n) is 2.79. The predicted molar refractivity (Wildman–Crippen MR) is 71.6 cm³/mol. The molecular weight excluding hydrogens is 196 g/mol. The lowest BCUT2D eigenvalue weighted by Gasteiger charge is -2.18. The lowest BCUT2D eigenvalue weighted by Crippen LogP contribution is -2.09. The fourth-order valence-corrected chi connectivity index (χ4v) is 1.62. The minimum atomic E-state index is 0.293. The van der Waals surface area contributed by atoms with Gasteiger partial charge in [-0.25, -0.2) is 0 Å². The van der Waals surface area contributed by atoms with Crippen LogP contribution in [0.1, 0.15) is 80.1 Å². The van der Waals surface area contributed by atoms with E-state index in [1.54, 1.807) is 0 Å². The molecule has 96 valence electrons. The molecule has 0 atom stereocenters. The summed E-state index contributed by atoms with van der Waals surface area (Å²) in [4.78, 5) is 11.6. The molecule has 16 heavy (non-hydrogen) atoms. The van der Waals surface area contributed by atoms with Crippen molar-refractivity contribution < 1.29 is 4.79 Å². The Hall–Kier alpha value is -0.330. The van der Waals surface area contributed by atoms with E-state index in [9.17, 15) is 4.79 Å². The van der Waals surface area contributed by atoms with Crippen LogP contribution >= 0.6 is 0 Å². The number of unbranched alkanes of at least 4 members (excludes halogenated alkanes) is 1. The van der Waals surface area contributed by atoms with Crippen LogP contribution in [0.3, 0.4) is 0 Å². The van der Waals surface area contributed by atoms with Crippen molar-refractivity contribution in [3.05, 3.63) is 0 Å². The third-order valence-corrected chi connectivity index (χ3v) is 2.79. The van der Waals surface area contributed by atoms with Crippen molar-refractivity contribution in [2.24, 2.45) is 10.8 Å². The van der Waals surface area contributed by atoms with E-state index in [2.05, 4.69) is 41.5 Å². The summed E-state index contributed by atoms with van der Waals surface area (Å²) in [6.07, 6.45) is 6.04. The SMILES string of the molecule is CC(C)(C)CCCCC(=O)CCC(C)(C)C. The van der Waals surface area contributed by atoms with Gasteiger partial charge in [-0.15, -0.1) is 0 Å². The summed E-state index contributed by atoms with van der Waals surface area (Å²) in [5.74, 6) is 0.448. The highest BCUT2D eigenvalue weighted by atomic mass is 16.1. The molecule has 0 N–H and O–H groups in total. The molecule has 0 bridgehead atoms. The second-order valence-electron chi connectivity index (χ2n) is 7.37. The summed E-state index contributed by atoms with van der Waals surface area (Å²) in [5.41, 5.74) is 0.704. The molecule has 0 saturated heterocycles.